The van der Waals surface area contributed by atoms with E-state index >= 15 is 0 Å². The molecule has 3 amide bonds. The molecule has 10 heteroatoms. The van der Waals surface area contributed by atoms with Gasteiger partial charge < -0.3 is 25.8 Å². The van der Waals surface area contributed by atoms with Crippen LogP contribution >= 0.6 is 0 Å². The maximum Gasteiger partial charge on any atom is 0.259 e. The van der Waals surface area contributed by atoms with Crippen LogP contribution in [-0.2, 0) is 4.79 Å². The van der Waals surface area contributed by atoms with Gasteiger partial charge in [0, 0.05) is 34.9 Å². The van der Waals surface area contributed by atoms with Gasteiger partial charge in [-0.15, -0.1) is 10.2 Å². The lowest BCUT2D eigenvalue weighted by Crippen LogP contribution is -2.12. The maximum absolute atomic E-state index is 13.3. The molecule has 4 N–H and O–H groups in total. The van der Waals surface area contributed by atoms with Crippen LogP contribution in [0.1, 0.15) is 27.6 Å². The van der Waals surface area contributed by atoms with Crippen LogP contribution in [0.25, 0.3) is 10.8 Å². The standard InChI is InChI=1S/C33H27N5O5/c1-20(39)34-24-13-15-25(16-14-24)36-33(42)27-18-21-8-6-7-11-26(21)30(31(27)40)38-37-28-19-22(12-17-29(28)43-2)32(41)35-23-9-4-3-5-10-23/h3-19,40H,1-2H3,(H,34,39)(H,35,41)(H,36,42). The van der Waals surface area contributed by atoms with Gasteiger partial charge in [-0.1, -0.05) is 42.5 Å². The molecule has 5 aromatic rings. The van der Waals surface area contributed by atoms with E-state index in [0.717, 1.165) is 0 Å². The van der Waals surface area contributed by atoms with Gasteiger partial charge in [0.25, 0.3) is 11.8 Å². The van der Waals surface area contributed by atoms with Crippen molar-refractivity contribution in [3.05, 3.63) is 114 Å². The normalized spacial score (nSPS) is 10.8. The number of para-hydroxylation sites is 1. The summed E-state index contributed by atoms with van der Waals surface area (Å²) in [6.45, 7) is 1.41. The van der Waals surface area contributed by atoms with Crippen LogP contribution in [0.5, 0.6) is 11.5 Å². The molecular formula is C33H27N5O5. The SMILES string of the molecule is COc1ccc(C(=O)Nc2ccccc2)cc1N=Nc1c(O)c(C(=O)Nc2ccc(NC(C)=O)cc2)cc2ccccc12. The number of ether oxygens (including phenoxy) is 1. The molecule has 0 radical (unpaired) electrons. The Labute approximate surface area is 247 Å². The lowest BCUT2D eigenvalue weighted by molar-refractivity contribution is -0.114. The molecule has 5 aromatic carbocycles. The van der Waals surface area contributed by atoms with Crippen LogP contribution in [0.4, 0.5) is 28.4 Å². The van der Waals surface area contributed by atoms with E-state index in [1.165, 1.54) is 20.1 Å². The lowest BCUT2D eigenvalue weighted by atomic mass is 10.0. The number of hydrogen-bond donors (Lipinski definition) is 4. The molecule has 0 atom stereocenters. The summed E-state index contributed by atoms with van der Waals surface area (Å²) in [5, 5.41) is 29.3. The van der Waals surface area contributed by atoms with Crippen LogP contribution in [-0.4, -0.2) is 29.9 Å². The number of phenolic OH excluding ortho intramolecular Hbond substituents is 1. The summed E-state index contributed by atoms with van der Waals surface area (Å²) >= 11 is 0. The second-order valence-electron chi connectivity index (χ2n) is 9.46. The van der Waals surface area contributed by atoms with Crippen molar-refractivity contribution >= 4 is 56.9 Å². The summed E-state index contributed by atoms with van der Waals surface area (Å²) in [5.74, 6) is -1.13. The van der Waals surface area contributed by atoms with Crippen molar-refractivity contribution in [2.24, 2.45) is 10.2 Å². The number of methoxy groups -OCH3 is 1. The minimum atomic E-state index is -0.566. The number of nitrogens with zero attached hydrogens (tertiary/aromatic N) is 2. The van der Waals surface area contributed by atoms with Crippen LogP contribution in [0.3, 0.4) is 0 Å². The van der Waals surface area contributed by atoms with Crippen LogP contribution < -0.4 is 20.7 Å². The molecule has 0 aliphatic rings. The quantitative estimate of drug-likeness (QED) is 0.143. The molecule has 214 valence electrons. The number of amides is 3. The predicted octanol–water partition coefficient (Wildman–Crippen LogP) is 7.43. The van der Waals surface area contributed by atoms with Gasteiger partial charge in [-0.25, -0.2) is 0 Å². The van der Waals surface area contributed by atoms with E-state index in [0.29, 0.717) is 39.1 Å². The Bertz CT molecular complexity index is 1850. The van der Waals surface area contributed by atoms with Gasteiger partial charge in [0.05, 0.1) is 12.7 Å². The van der Waals surface area contributed by atoms with E-state index in [4.69, 9.17) is 4.74 Å². The fraction of sp³-hybridized carbons (Fsp3) is 0.0606. The largest absolute Gasteiger partial charge is 0.505 e. The molecule has 0 aliphatic heterocycles. The molecular weight excluding hydrogens is 546 g/mol. The summed E-state index contributed by atoms with van der Waals surface area (Å²) in [6, 6.07) is 29.1. The van der Waals surface area contributed by atoms with Gasteiger partial charge in [0.15, 0.2) is 5.75 Å². The Balaban J connectivity index is 1.47. The summed E-state index contributed by atoms with van der Waals surface area (Å²) in [4.78, 5) is 37.4. The third kappa shape index (κ3) is 6.66. The molecule has 5 rings (SSSR count). The highest BCUT2D eigenvalue weighted by Gasteiger charge is 2.19. The fourth-order valence-corrected chi connectivity index (χ4v) is 4.37. The van der Waals surface area contributed by atoms with E-state index in [2.05, 4.69) is 26.2 Å². The molecule has 0 saturated carbocycles. The number of anilines is 3. The van der Waals surface area contributed by atoms with Crippen molar-refractivity contribution in [3.8, 4) is 11.5 Å². The van der Waals surface area contributed by atoms with Crippen molar-refractivity contribution in [2.45, 2.75) is 6.92 Å². The molecule has 0 saturated heterocycles. The van der Waals surface area contributed by atoms with E-state index in [9.17, 15) is 19.5 Å². The van der Waals surface area contributed by atoms with Crippen molar-refractivity contribution < 1.29 is 24.2 Å². The number of aromatic hydroxyl groups is 1. The molecule has 10 nitrogen and oxygen atoms in total. The summed E-state index contributed by atoms with van der Waals surface area (Å²) in [7, 11) is 1.47. The van der Waals surface area contributed by atoms with Crippen molar-refractivity contribution in [2.75, 3.05) is 23.1 Å². The number of fused-ring (bicyclic) bond motifs is 1. The molecule has 0 unspecified atom stereocenters. The Hall–Kier alpha value is -6.03. The van der Waals surface area contributed by atoms with Crippen molar-refractivity contribution in [1.82, 2.24) is 0 Å². The second kappa shape index (κ2) is 12.6. The Morgan fingerprint density at radius 3 is 2.02 bits per heavy atom. The average molecular weight is 574 g/mol. The molecule has 0 bridgehead atoms. The number of benzene rings is 5. The second-order valence-corrected chi connectivity index (χ2v) is 9.46. The highest BCUT2D eigenvalue weighted by molar-refractivity contribution is 6.12. The fourth-order valence-electron chi connectivity index (χ4n) is 4.37. The number of azo groups is 1. The zero-order valence-electron chi connectivity index (χ0n) is 23.3. The number of carbonyl (C=O) groups excluding carboxylic acids is 3. The zero-order valence-corrected chi connectivity index (χ0v) is 23.3. The maximum atomic E-state index is 13.3. The predicted molar refractivity (Wildman–Crippen MR) is 166 cm³/mol. The highest BCUT2D eigenvalue weighted by atomic mass is 16.5. The first kappa shape index (κ1) is 28.5. The first-order valence-electron chi connectivity index (χ1n) is 13.2. The summed E-state index contributed by atoms with van der Waals surface area (Å²) in [5.41, 5.74) is 2.32. The Morgan fingerprint density at radius 2 is 1.33 bits per heavy atom. The molecule has 43 heavy (non-hydrogen) atoms. The van der Waals surface area contributed by atoms with Crippen LogP contribution in [0, 0.1) is 0 Å². The van der Waals surface area contributed by atoms with Crippen LogP contribution in [0.2, 0.25) is 0 Å². The monoisotopic (exact) mass is 573 g/mol. The molecule has 0 fully saturated rings. The molecule has 0 aliphatic carbocycles. The first-order chi connectivity index (χ1) is 20.8. The third-order valence-electron chi connectivity index (χ3n) is 6.43. The minimum absolute atomic E-state index is 0.0125. The molecule has 0 heterocycles. The first-order valence-corrected chi connectivity index (χ1v) is 13.2. The smallest absolute Gasteiger partial charge is 0.259 e. The summed E-state index contributed by atoms with van der Waals surface area (Å²) < 4.78 is 5.43. The van der Waals surface area contributed by atoms with Crippen molar-refractivity contribution in [1.29, 1.82) is 0 Å². The average Bonchev–Trinajstić information content (AvgIpc) is 3.01. The van der Waals surface area contributed by atoms with Gasteiger partial charge >= 0.3 is 0 Å². The molecule has 0 spiro atoms. The topological polar surface area (TPSA) is 141 Å². The minimum Gasteiger partial charge on any atom is -0.505 e. The summed E-state index contributed by atoms with van der Waals surface area (Å²) in [6.07, 6.45) is 0. The third-order valence-corrected chi connectivity index (χ3v) is 6.43. The number of rotatable bonds is 8. The zero-order chi connectivity index (χ0) is 30.3. The van der Waals surface area contributed by atoms with Gasteiger partial charge in [-0.3, -0.25) is 14.4 Å². The van der Waals surface area contributed by atoms with Crippen LogP contribution in [0.15, 0.2) is 113 Å². The van der Waals surface area contributed by atoms with E-state index in [-0.39, 0.29) is 34.5 Å². The van der Waals surface area contributed by atoms with E-state index < -0.39 is 5.91 Å². The molecule has 0 aromatic heterocycles. The van der Waals surface area contributed by atoms with E-state index in [1.807, 2.05) is 18.2 Å². The number of nitrogens with one attached hydrogen (secondary N) is 3. The van der Waals surface area contributed by atoms with E-state index in [1.54, 1.807) is 78.9 Å². The van der Waals surface area contributed by atoms with Gasteiger partial charge in [-0.2, -0.15) is 0 Å². The van der Waals surface area contributed by atoms with Gasteiger partial charge in [0.2, 0.25) is 5.91 Å². The number of carbonyl (C=O) groups is 3. The van der Waals surface area contributed by atoms with Gasteiger partial charge in [-0.05, 0) is 66.0 Å². The number of hydrogen-bond acceptors (Lipinski definition) is 7. The number of phenols is 1. The lowest BCUT2D eigenvalue weighted by Gasteiger charge is -2.12. The van der Waals surface area contributed by atoms with Crippen molar-refractivity contribution in [3.63, 3.8) is 0 Å². The Morgan fingerprint density at radius 1 is 0.698 bits per heavy atom. The van der Waals surface area contributed by atoms with Gasteiger partial charge in [0.1, 0.15) is 17.1 Å². The highest BCUT2D eigenvalue weighted by Crippen LogP contribution is 2.40. The Kier molecular flexibility index (Phi) is 8.38.